The summed E-state index contributed by atoms with van der Waals surface area (Å²) in [5, 5.41) is 12.0. The Balaban J connectivity index is 0.000000303. The molecule has 6 aromatic rings. The van der Waals surface area contributed by atoms with Gasteiger partial charge in [-0.2, -0.15) is 12.1 Å². The van der Waals surface area contributed by atoms with Crippen molar-refractivity contribution >= 4 is 101 Å². The van der Waals surface area contributed by atoms with E-state index in [9.17, 15) is 0 Å². The van der Waals surface area contributed by atoms with Crippen LogP contribution in [-0.2, 0) is 44.5 Å². The number of hydrogen-bond acceptors (Lipinski definition) is 0. The summed E-state index contributed by atoms with van der Waals surface area (Å²) in [6.07, 6.45) is 2.18. The molecule has 6 rings (SSSR count). The van der Waals surface area contributed by atoms with E-state index in [4.69, 9.17) is 17.0 Å². The van der Waals surface area contributed by atoms with Crippen LogP contribution in [0.15, 0.2) is 84.9 Å². The van der Waals surface area contributed by atoms with Crippen molar-refractivity contribution in [1.82, 2.24) is 0 Å². The first-order valence-corrected chi connectivity index (χ1v) is 45.9. The Morgan fingerprint density at radius 1 is 0.469 bits per heavy atom. The van der Waals surface area contributed by atoms with Crippen LogP contribution in [0.2, 0.25) is 91.7 Å². The van der Waals surface area contributed by atoms with E-state index in [0.29, 0.717) is 0 Å². The fraction of sp³-hybridized carbons (Fsp3) is 0.464. The van der Waals surface area contributed by atoms with E-state index in [-0.39, 0.29) is 10.8 Å². The summed E-state index contributed by atoms with van der Waals surface area (Å²) in [6.45, 7) is 52.6. The number of halogens is 2. The van der Waals surface area contributed by atoms with Crippen molar-refractivity contribution in [2.75, 3.05) is 0 Å². The molecule has 0 nitrogen and oxygen atoms in total. The van der Waals surface area contributed by atoms with Gasteiger partial charge in [0.25, 0.3) is 0 Å². The molecule has 2 radical (unpaired) electrons. The van der Waals surface area contributed by atoms with Gasteiger partial charge in [-0.05, 0) is 34.8 Å². The summed E-state index contributed by atoms with van der Waals surface area (Å²) in [5.41, 5.74) is 11.8. The summed E-state index contributed by atoms with van der Waals surface area (Å²) < 4.78 is 0. The van der Waals surface area contributed by atoms with Crippen LogP contribution in [0.1, 0.15) is 77.6 Å². The van der Waals surface area contributed by atoms with Gasteiger partial charge in [0.1, 0.15) is 0 Å². The van der Waals surface area contributed by atoms with Crippen LogP contribution in [0.3, 0.4) is 0 Å². The third-order valence-electron chi connectivity index (χ3n) is 12.2. The molecule has 0 saturated carbocycles. The van der Waals surface area contributed by atoms with Gasteiger partial charge in [-0.15, -0.1) is 69.1 Å². The molecule has 0 aliphatic carbocycles. The zero-order valence-electron chi connectivity index (χ0n) is 44.3. The molecule has 0 aliphatic heterocycles. The number of rotatable bonds is 8. The molecule has 0 bridgehead atoms. The SMILES string of the molecule is CCc1cc2c(-c3cc([Si](C)(C)C)cc([Si](C)(C)C)c3)c(C(C)(C)C)ccc2[cH-]1.CCc1cc2c(-c3cc([Si](C)(C)C)cc([Si](C)(C)C)c3)c(C(C)(C)C)ccc2[cH-]1.C[Si]C.[Cl][Zr+2][Cl]. The molecule has 0 fully saturated rings. The maximum atomic E-state index is 4.93. The van der Waals surface area contributed by atoms with Gasteiger partial charge < -0.3 is 0 Å². The van der Waals surface area contributed by atoms with Gasteiger partial charge in [-0.3, -0.25) is 0 Å². The van der Waals surface area contributed by atoms with Crippen molar-refractivity contribution in [3.05, 3.63) is 107 Å². The van der Waals surface area contributed by atoms with Crippen molar-refractivity contribution in [2.24, 2.45) is 0 Å². The number of aryl methyl sites for hydroxylation is 2. The number of hydrogen-bond donors (Lipinski definition) is 0. The van der Waals surface area contributed by atoms with Gasteiger partial charge in [0.05, 0.1) is 32.3 Å². The minimum absolute atomic E-state index is 0.113. The molecule has 0 saturated heterocycles. The molecule has 0 heterocycles. The Bertz CT molecular complexity index is 2230. The Morgan fingerprint density at radius 2 is 0.719 bits per heavy atom. The molecule has 0 N–H and O–H groups in total. The molecule has 6 aromatic carbocycles. The fourth-order valence-corrected chi connectivity index (χ4v) is 13.2. The van der Waals surface area contributed by atoms with E-state index in [1.54, 1.807) is 20.7 Å². The van der Waals surface area contributed by atoms with E-state index in [1.165, 1.54) is 66.1 Å². The Hall–Kier alpha value is -1.35. The third-order valence-corrected chi connectivity index (χ3v) is 20.3. The maximum absolute atomic E-state index is 4.93. The normalized spacial score (nSPS) is 12.5. The van der Waals surface area contributed by atoms with Gasteiger partial charge in [0, 0.05) is 9.52 Å². The van der Waals surface area contributed by atoms with E-state index >= 15 is 0 Å². The van der Waals surface area contributed by atoms with Gasteiger partial charge in [-0.25, -0.2) is 0 Å². The number of benzene rings is 4. The van der Waals surface area contributed by atoms with Gasteiger partial charge in [0.15, 0.2) is 0 Å². The molecule has 64 heavy (non-hydrogen) atoms. The Labute approximate surface area is 418 Å². The molecule has 346 valence electrons. The Morgan fingerprint density at radius 3 is 0.922 bits per heavy atom. The third kappa shape index (κ3) is 14.8. The second kappa shape index (κ2) is 22.4. The second-order valence-electron chi connectivity index (χ2n) is 24.1. The first-order chi connectivity index (χ1) is 29.3. The average molecular weight is 1060 g/mol. The summed E-state index contributed by atoms with van der Waals surface area (Å²) in [5.74, 6) is 0. The molecule has 0 aromatic heterocycles. The van der Waals surface area contributed by atoms with Crippen molar-refractivity contribution in [3.63, 3.8) is 0 Å². The van der Waals surface area contributed by atoms with Crippen molar-refractivity contribution in [2.45, 2.75) is 171 Å². The molecular formula is C56H84Cl2Si5Zr. The number of fused-ring (bicyclic) bond motifs is 2. The molecular weight excluding hydrogens is 975 g/mol. The molecule has 0 amide bonds. The first kappa shape index (κ1) is 57.0. The van der Waals surface area contributed by atoms with Crippen molar-refractivity contribution in [1.29, 1.82) is 0 Å². The monoisotopic (exact) mass is 1060 g/mol. The molecule has 0 spiro atoms. The van der Waals surface area contributed by atoms with Crippen LogP contribution in [0.4, 0.5) is 0 Å². The Kier molecular flexibility index (Phi) is 19.9. The summed E-state index contributed by atoms with van der Waals surface area (Å²) in [4.78, 5) is 0. The van der Waals surface area contributed by atoms with E-state index in [0.717, 1.165) is 22.4 Å². The fourth-order valence-electron chi connectivity index (χ4n) is 8.24. The summed E-state index contributed by atoms with van der Waals surface area (Å²) in [6, 6.07) is 34.3. The molecule has 0 atom stereocenters. The topological polar surface area (TPSA) is 0 Å². The van der Waals surface area contributed by atoms with Gasteiger partial charge >= 0.3 is 37.9 Å². The van der Waals surface area contributed by atoms with Gasteiger partial charge in [0.2, 0.25) is 0 Å². The molecule has 0 unspecified atom stereocenters. The van der Waals surface area contributed by atoms with Crippen LogP contribution in [-0.4, -0.2) is 41.8 Å². The van der Waals surface area contributed by atoms with Crippen LogP contribution < -0.4 is 20.7 Å². The molecule has 8 heteroatoms. The van der Waals surface area contributed by atoms with E-state index in [1.807, 2.05) is 0 Å². The zero-order chi connectivity index (χ0) is 49.0. The van der Waals surface area contributed by atoms with Crippen LogP contribution in [0.5, 0.6) is 0 Å². The van der Waals surface area contributed by atoms with E-state index < -0.39 is 53.1 Å². The molecule has 0 aliphatic rings. The first-order valence-electron chi connectivity index (χ1n) is 23.6. The quantitative estimate of drug-likeness (QED) is 0.105. The predicted octanol–water partition coefficient (Wildman–Crippen LogP) is 16.5. The predicted molar refractivity (Wildman–Crippen MR) is 307 cm³/mol. The summed E-state index contributed by atoms with van der Waals surface area (Å²) >= 11 is -0.826. The van der Waals surface area contributed by atoms with Crippen LogP contribution >= 0.6 is 17.0 Å². The minimum atomic E-state index is -1.42. The van der Waals surface area contributed by atoms with Crippen LogP contribution in [0, 0.1) is 0 Å². The average Bonchev–Trinajstić information content (AvgIpc) is 3.80. The second-order valence-corrected chi connectivity index (χ2v) is 49.1. The van der Waals surface area contributed by atoms with Crippen molar-refractivity contribution < 1.29 is 20.8 Å². The van der Waals surface area contributed by atoms with E-state index in [2.05, 4.69) is 232 Å². The van der Waals surface area contributed by atoms with Crippen LogP contribution in [0.25, 0.3) is 43.8 Å². The zero-order valence-corrected chi connectivity index (χ0v) is 53.2. The summed E-state index contributed by atoms with van der Waals surface area (Å²) in [7, 11) is 5.28. The standard InChI is InChI=1S/2C27H39Si2.C2H6Si.2ClH.Zr/c2*1-11-19-14-20-12-13-25(27(2,3)4)26(24(20)15-19)21-16-22(28(5,6)7)18-23(17-21)29(8,9)10;1-3-2;;;/h2*12-18H,11H2,1-10H3;1-2H3;2*1H;/q2*-1;;;;+4/p-2. The van der Waals surface area contributed by atoms with Gasteiger partial charge in [-0.1, -0.05) is 226 Å². The van der Waals surface area contributed by atoms with Crippen molar-refractivity contribution in [3.8, 4) is 22.3 Å².